The Morgan fingerprint density at radius 3 is 1.12 bits per heavy atom. The second-order valence-electron chi connectivity index (χ2n) is 18.8. The molecule has 0 rings (SSSR count). The van der Waals surface area contributed by atoms with Gasteiger partial charge < -0.3 is 14.2 Å². The highest BCUT2D eigenvalue weighted by atomic mass is 16.6. The maximum atomic E-state index is 12.9. The lowest BCUT2D eigenvalue weighted by molar-refractivity contribution is -0.163. The summed E-state index contributed by atoms with van der Waals surface area (Å²) in [6.07, 6.45) is 73.4. The lowest BCUT2D eigenvalue weighted by atomic mass is 10.0. The molecule has 0 aliphatic carbocycles. The predicted molar refractivity (Wildman–Crippen MR) is 288 cm³/mol. The summed E-state index contributed by atoms with van der Waals surface area (Å²) in [5.74, 6) is -0.407. The SMILES string of the molecule is CC/C=C\C/C=C\C/C=C\C/C=C\CCCCCCCOCC(COC(=O)CCCCCCCCC/C=C\C/C=C\CCCCC)OC(=O)CCCCCCCCCCCCCCCCC. The van der Waals surface area contributed by atoms with Crippen molar-refractivity contribution >= 4 is 11.9 Å². The average molecular weight is 922 g/mol. The first kappa shape index (κ1) is 63.3. The molecule has 0 heterocycles. The van der Waals surface area contributed by atoms with Gasteiger partial charge in [-0.1, -0.05) is 248 Å². The number of allylic oxidation sites excluding steroid dienone is 12. The number of hydrogen-bond acceptors (Lipinski definition) is 5. The standard InChI is InChI=1S/C61H108O5/c1-4-7-10-13-16-19-22-25-28-30-32-35-38-41-44-47-50-53-56-64-57-59(66-61(63)55-52-49-46-43-40-37-33-27-24-21-18-15-12-9-6-3)58-65-60(62)54-51-48-45-42-39-36-34-31-29-26-23-20-17-14-11-8-5-2/h7,10,16-17,19-20,25-26,28-29,32,35,59H,4-6,8-9,11-15,18,21-24,27,30-31,33-34,36-58H2,1-3H3/b10-7-,19-16-,20-17-,28-25-,29-26-,35-32-. The van der Waals surface area contributed by atoms with Gasteiger partial charge in [-0.15, -0.1) is 0 Å². The molecule has 1 unspecified atom stereocenters. The second kappa shape index (κ2) is 56.7. The minimum Gasteiger partial charge on any atom is -0.462 e. The first-order chi connectivity index (χ1) is 32.6. The number of carbonyl (C=O) groups is 2. The van der Waals surface area contributed by atoms with Crippen LogP contribution in [0.3, 0.4) is 0 Å². The van der Waals surface area contributed by atoms with Gasteiger partial charge in [0, 0.05) is 19.4 Å². The van der Waals surface area contributed by atoms with E-state index in [1.807, 2.05) is 0 Å². The molecule has 5 nitrogen and oxygen atoms in total. The smallest absolute Gasteiger partial charge is 0.306 e. The van der Waals surface area contributed by atoms with Crippen LogP contribution in [0.2, 0.25) is 0 Å². The van der Waals surface area contributed by atoms with Crippen LogP contribution in [0.25, 0.3) is 0 Å². The molecule has 0 aromatic heterocycles. The van der Waals surface area contributed by atoms with Crippen molar-refractivity contribution in [1.82, 2.24) is 0 Å². The summed E-state index contributed by atoms with van der Waals surface area (Å²) < 4.78 is 17.5. The Balaban J connectivity index is 4.31. The molecule has 0 amide bonds. The van der Waals surface area contributed by atoms with Crippen LogP contribution < -0.4 is 0 Å². The van der Waals surface area contributed by atoms with E-state index in [1.54, 1.807) is 0 Å². The number of ether oxygens (including phenoxy) is 3. The molecule has 0 spiro atoms. The van der Waals surface area contributed by atoms with Crippen molar-refractivity contribution in [2.45, 2.75) is 284 Å². The number of hydrogen-bond donors (Lipinski definition) is 0. The molecule has 0 aromatic carbocycles. The van der Waals surface area contributed by atoms with Crippen LogP contribution in [0.15, 0.2) is 72.9 Å². The van der Waals surface area contributed by atoms with Crippen LogP contribution in [0.1, 0.15) is 278 Å². The fourth-order valence-electron chi connectivity index (χ4n) is 8.00. The topological polar surface area (TPSA) is 61.8 Å². The molecule has 0 saturated heterocycles. The van der Waals surface area contributed by atoms with Crippen LogP contribution in [0, 0.1) is 0 Å². The summed E-state index contributed by atoms with van der Waals surface area (Å²) >= 11 is 0. The molecule has 66 heavy (non-hydrogen) atoms. The molecular weight excluding hydrogens is 813 g/mol. The van der Waals surface area contributed by atoms with Crippen LogP contribution >= 0.6 is 0 Å². The zero-order valence-electron chi connectivity index (χ0n) is 44.0. The van der Waals surface area contributed by atoms with Gasteiger partial charge >= 0.3 is 11.9 Å². The van der Waals surface area contributed by atoms with Crippen molar-refractivity contribution < 1.29 is 23.8 Å². The van der Waals surface area contributed by atoms with E-state index in [4.69, 9.17) is 14.2 Å². The van der Waals surface area contributed by atoms with Gasteiger partial charge in [0.05, 0.1) is 6.61 Å². The molecule has 1 atom stereocenters. The van der Waals surface area contributed by atoms with Crippen molar-refractivity contribution in [2.75, 3.05) is 19.8 Å². The average Bonchev–Trinajstić information content (AvgIpc) is 3.32. The largest absolute Gasteiger partial charge is 0.462 e. The first-order valence-corrected chi connectivity index (χ1v) is 28.5. The molecule has 0 radical (unpaired) electrons. The summed E-state index contributed by atoms with van der Waals surface area (Å²) in [5, 5.41) is 0. The van der Waals surface area contributed by atoms with Gasteiger partial charge in [0.2, 0.25) is 0 Å². The Bertz CT molecular complexity index is 1180. The fraction of sp³-hybridized carbons (Fsp3) is 0.770. The quantitative estimate of drug-likeness (QED) is 0.0346. The van der Waals surface area contributed by atoms with E-state index in [1.165, 1.54) is 161 Å². The molecule has 0 N–H and O–H groups in total. The molecule has 382 valence electrons. The molecular formula is C61H108O5. The zero-order valence-corrected chi connectivity index (χ0v) is 44.0. The third-order valence-corrected chi connectivity index (χ3v) is 12.2. The van der Waals surface area contributed by atoms with Crippen molar-refractivity contribution in [2.24, 2.45) is 0 Å². The van der Waals surface area contributed by atoms with Gasteiger partial charge in [0.1, 0.15) is 6.61 Å². The summed E-state index contributed by atoms with van der Waals surface area (Å²) in [5.41, 5.74) is 0. The van der Waals surface area contributed by atoms with E-state index in [2.05, 4.69) is 93.7 Å². The number of unbranched alkanes of at least 4 members (excludes halogenated alkanes) is 29. The minimum atomic E-state index is -0.550. The zero-order chi connectivity index (χ0) is 47.7. The maximum absolute atomic E-state index is 12.9. The van der Waals surface area contributed by atoms with E-state index in [0.29, 0.717) is 19.4 Å². The van der Waals surface area contributed by atoms with E-state index in [-0.39, 0.29) is 25.2 Å². The summed E-state index contributed by atoms with van der Waals surface area (Å²) in [7, 11) is 0. The molecule has 0 bridgehead atoms. The van der Waals surface area contributed by atoms with Gasteiger partial charge in [0.25, 0.3) is 0 Å². The van der Waals surface area contributed by atoms with E-state index in [9.17, 15) is 9.59 Å². The normalized spacial score (nSPS) is 12.7. The number of rotatable bonds is 52. The van der Waals surface area contributed by atoms with Gasteiger partial charge in [-0.3, -0.25) is 9.59 Å². The van der Waals surface area contributed by atoms with Crippen LogP contribution in [-0.2, 0) is 23.8 Å². The van der Waals surface area contributed by atoms with Crippen LogP contribution in [0.4, 0.5) is 0 Å². The Morgan fingerprint density at radius 2 is 0.682 bits per heavy atom. The van der Waals surface area contributed by atoms with Gasteiger partial charge in [-0.25, -0.2) is 0 Å². The minimum absolute atomic E-state index is 0.0738. The highest BCUT2D eigenvalue weighted by Gasteiger charge is 2.17. The molecule has 0 aliphatic rings. The lowest BCUT2D eigenvalue weighted by Crippen LogP contribution is -2.30. The Kier molecular flexibility index (Phi) is 54.4. The molecule has 0 fully saturated rings. The van der Waals surface area contributed by atoms with Crippen molar-refractivity contribution in [3.05, 3.63) is 72.9 Å². The molecule has 5 heteroatoms. The number of esters is 2. The summed E-state index contributed by atoms with van der Waals surface area (Å²) in [6, 6.07) is 0. The summed E-state index contributed by atoms with van der Waals surface area (Å²) in [6.45, 7) is 7.68. The lowest BCUT2D eigenvalue weighted by Gasteiger charge is -2.18. The van der Waals surface area contributed by atoms with E-state index in [0.717, 1.165) is 83.5 Å². The Labute approximate surface area is 410 Å². The third-order valence-electron chi connectivity index (χ3n) is 12.2. The Hall–Kier alpha value is -2.66. The fourth-order valence-corrected chi connectivity index (χ4v) is 8.00. The predicted octanol–water partition coefficient (Wildman–Crippen LogP) is 19.5. The highest BCUT2D eigenvalue weighted by Crippen LogP contribution is 2.15. The van der Waals surface area contributed by atoms with E-state index >= 15 is 0 Å². The van der Waals surface area contributed by atoms with Gasteiger partial charge in [-0.05, 0) is 89.9 Å². The molecule has 0 aliphatic heterocycles. The first-order valence-electron chi connectivity index (χ1n) is 28.5. The monoisotopic (exact) mass is 921 g/mol. The van der Waals surface area contributed by atoms with E-state index < -0.39 is 6.10 Å². The highest BCUT2D eigenvalue weighted by molar-refractivity contribution is 5.70. The third kappa shape index (κ3) is 54.0. The number of carbonyl (C=O) groups excluding carboxylic acids is 2. The van der Waals surface area contributed by atoms with Crippen molar-refractivity contribution in [3.8, 4) is 0 Å². The van der Waals surface area contributed by atoms with Crippen molar-refractivity contribution in [3.63, 3.8) is 0 Å². The van der Waals surface area contributed by atoms with Gasteiger partial charge in [0.15, 0.2) is 6.10 Å². The van der Waals surface area contributed by atoms with Crippen molar-refractivity contribution in [1.29, 1.82) is 0 Å². The Morgan fingerprint density at radius 1 is 0.348 bits per heavy atom. The molecule has 0 aromatic rings. The van der Waals surface area contributed by atoms with Gasteiger partial charge in [-0.2, -0.15) is 0 Å². The van der Waals surface area contributed by atoms with Crippen LogP contribution in [-0.4, -0.2) is 37.9 Å². The molecule has 0 saturated carbocycles. The summed E-state index contributed by atoms with van der Waals surface area (Å²) in [4.78, 5) is 25.5. The second-order valence-corrected chi connectivity index (χ2v) is 18.8. The van der Waals surface area contributed by atoms with Crippen LogP contribution in [0.5, 0.6) is 0 Å². The maximum Gasteiger partial charge on any atom is 0.306 e.